The molecular formula is C14H20N6O. The molecule has 2 amide bonds. The summed E-state index contributed by atoms with van der Waals surface area (Å²) in [5, 5.41) is 9.87. The summed E-state index contributed by atoms with van der Waals surface area (Å²) in [6.07, 6.45) is 9.47. The van der Waals surface area contributed by atoms with Crippen molar-refractivity contribution in [2.24, 2.45) is 5.92 Å². The Bertz CT molecular complexity index is 576. The van der Waals surface area contributed by atoms with Crippen LogP contribution >= 0.6 is 0 Å². The standard InChI is InChI=1S/C14H20N6O/c21-14(16-5-9-20-6-1-3-18-20)17-11-12-2-7-19-8-4-15-13(19)10-12/h1,3-4,6,8,12H,2,5,7,9-11H2,(H2,16,17,21)/t12-/m0/s1. The molecular weight excluding hydrogens is 268 g/mol. The van der Waals surface area contributed by atoms with Gasteiger partial charge in [-0.15, -0.1) is 0 Å². The molecule has 2 N–H and O–H groups in total. The molecule has 7 nitrogen and oxygen atoms in total. The molecule has 0 fully saturated rings. The van der Waals surface area contributed by atoms with Crippen LogP contribution in [-0.2, 0) is 19.5 Å². The predicted molar refractivity (Wildman–Crippen MR) is 77.7 cm³/mol. The fraction of sp³-hybridized carbons (Fsp3) is 0.500. The van der Waals surface area contributed by atoms with Crippen LogP contribution < -0.4 is 10.6 Å². The van der Waals surface area contributed by atoms with Crippen LogP contribution in [0.2, 0.25) is 0 Å². The summed E-state index contributed by atoms with van der Waals surface area (Å²) in [6.45, 7) is 2.94. The van der Waals surface area contributed by atoms with Crippen molar-refractivity contribution in [2.75, 3.05) is 13.1 Å². The van der Waals surface area contributed by atoms with Gasteiger partial charge in [0.1, 0.15) is 5.82 Å². The average molecular weight is 288 g/mol. The molecule has 0 saturated heterocycles. The van der Waals surface area contributed by atoms with Gasteiger partial charge >= 0.3 is 6.03 Å². The number of imidazole rings is 1. The van der Waals surface area contributed by atoms with Crippen molar-refractivity contribution >= 4 is 6.03 Å². The van der Waals surface area contributed by atoms with Crippen LogP contribution in [0.5, 0.6) is 0 Å². The third-order valence-corrected chi connectivity index (χ3v) is 3.79. The Morgan fingerprint density at radius 3 is 3.14 bits per heavy atom. The van der Waals surface area contributed by atoms with Gasteiger partial charge in [0, 0.05) is 50.8 Å². The number of rotatable bonds is 5. The first-order chi connectivity index (χ1) is 10.3. The van der Waals surface area contributed by atoms with Gasteiger partial charge in [-0.25, -0.2) is 9.78 Å². The summed E-state index contributed by atoms with van der Waals surface area (Å²) in [5.74, 6) is 1.59. The lowest BCUT2D eigenvalue weighted by molar-refractivity contribution is 0.236. The molecule has 7 heteroatoms. The average Bonchev–Trinajstić information content (AvgIpc) is 3.15. The number of aromatic nitrogens is 4. The van der Waals surface area contributed by atoms with Crippen molar-refractivity contribution < 1.29 is 4.79 Å². The van der Waals surface area contributed by atoms with Gasteiger partial charge in [0.05, 0.1) is 6.54 Å². The van der Waals surface area contributed by atoms with E-state index in [2.05, 4.69) is 25.3 Å². The van der Waals surface area contributed by atoms with E-state index in [1.165, 1.54) is 0 Å². The van der Waals surface area contributed by atoms with Crippen LogP contribution in [0.4, 0.5) is 4.79 Å². The van der Waals surface area contributed by atoms with Crippen molar-refractivity contribution in [3.8, 4) is 0 Å². The molecule has 1 aliphatic heterocycles. The maximum Gasteiger partial charge on any atom is 0.314 e. The molecule has 2 aromatic heterocycles. The van der Waals surface area contributed by atoms with E-state index in [0.29, 0.717) is 25.6 Å². The zero-order valence-corrected chi connectivity index (χ0v) is 11.9. The van der Waals surface area contributed by atoms with E-state index in [1.807, 2.05) is 24.7 Å². The lowest BCUT2D eigenvalue weighted by atomic mass is 9.98. The van der Waals surface area contributed by atoms with Crippen LogP contribution in [0.3, 0.4) is 0 Å². The second kappa shape index (κ2) is 6.43. The smallest absolute Gasteiger partial charge is 0.314 e. The third kappa shape index (κ3) is 3.62. The minimum Gasteiger partial charge on any atom is -0.338 e. The van der Waals surface area contributed by atoms with Gasteiger partial charge in [-0.05, 0) is 18.4 Å². The van der Waals surface area contributed by atoms with Crippen LogP contribution in [0.25, 0.3) is 0 Å². The minimum atomic E-state index is -0.115. The highest BCUT2D eigenvalue weighted by atomic mass is 16.2. The molecule has 3 heterocycles. The number of fused-ring (bicyclic) bond motifs is 1. The topological polar surface area (TPSA) is 76.8 Å². The molecule has 0 aromatic carbocycles. The monoisotopic (exact) mass is 288 g/mol. The number of carbonyl (C=O) groups excluding carboxylic acids is 1. The first kappa shape index (κ1) is 13.7. The lowest BCUT2D eigenvalue weighted by Gasteiger charge is -2.23. The number of hydrogen-bond acceptors (Lipinski definition) is 3. The SMILES string of the molecule is O=C(NCCn1cccn1)NC[C@H]1CCn2ccnc2C1. The number of urea groups is 1. The molecule has 1 aliphatic rings. The van der Waals surface area contributed by atoms with E-state index in [-0.39, 0.29) is 6.03 Å². The van der Waals surface area contributed by atoms with Crippen molar-refractivity contribution in [3.63, 3.8) is 0 Å². The number of carbonyl (C=O) groups is 1. The maximum absolute atomic E-state index is 11.7. The Hall–Kier alpha value is -2.31. The van der Waals surface area contributed by atoms with Crippen molar-refractivity contribution in [3.05, 3.63) is 36.7 Å². The van der Waals surface area contributed by atoms with E-state index < -0.39 is 0 Å². The molecule has 0 aliphatic carbocycles. The molecule has 0 bridgehead atoms. The largest absolute Gasteiger partial charge is 0.338 e. The van der Waals surface area contributed by atoms with E-state index in [9.17, 15) is 4.79 Å². The maximum atomic E-state index is 11.7. The van der Waals surface area contributed by atoms with Gasteiger partial charge < -0.3 is 15.2 Å². The van der Waals surface area contributed by atoms with Gasteiger partial charge in [0.2, 0.25) is 0 Å². The minimum absolute atomic E-state index is 0.115. The van der Waals surface area contributed by atoms with Gasteiger partial charge in [0.15, 0.2) is 0 Å². The Morgan fingerprint density at radius 1 is 1.33 bits per heavy atom. The van der Waals surface area contributed by atoms with E-state index in [4.69, 9.17) is 0 Å². The van der Waals surface area contributed by atoms with E-state index in [0.717, 1.165) is 25.2 Å². The highest BCUT2D eigenvalue weighted by molar-refractivity contribution is 5.73. The normalized spacial score (nSPS) is 17.2. The highest BCUT2D eigenvalue weighted by Crippen LogP contribution is 2.18. The number of aryl methyl sites for hydroxylation is 1. The van der Waals surface area contributed by atoms with Gasteiger partial charge in [-0.3, -0.25) is 4.68 Å². The van der Waals surface area contributed by atoms with E-state index >= 15 is 0 Å². The molecule has 2 aromatic rings. The molecule has 3 rings (SSSR count). The predicted octanol–water partition coefficient (Wildman–Crippen LogP) is 0.641. The summed E-state index contributed by atoms with van der Waals surface area (Å²) < 4.78 is 3.97. The summed E-state index contributed by atoms with van der Waals surface area (Å²) in [4.78, 5) is 16.1. The Labute approximate surface area is 123 Å². The van der Waals surface area contributed by atoms with Crippen molar-refractivity contribution in [1.29, 1.82) is 0 Å². The van der Waals surface area contributed by atoms with Crippen LogP contribution in [0, 0.1) is 5.92 Å². The number of amides is 2. The molecule has 1 atom stereocenters. The van der Waals surface area contributed by atoms with Crippen molar-refractivity contribution in [1.82, 2.24) is 30.0 Å². The van der Waals surface area contributed by atoms with Gasteiger partial charge in [-0.1, -0.05) is 0 Å². The fourth-order valence-electron chi connectivity index (χ4n) is 2.61. The summed E-state index contributed by atoms with van der Waals surface area (Å²) in [5.41, 5.74) is 0. The quantitative estimate of drug-likeness (QED) is 0.847. The first-order valence-electron chi connectivity index (χ1n) is 7.30. The molecule has 112 valence electrons. The highest BCUT2D eigenvalue weighted by Gasteiger charge is 2.19. The number of nitrogens with zero attached hydrogens (tertiary/aromatic N) is 4. The number of hydrogen-bond donors (Lipinski definition) is 2. The number of nitrogens with one attached hydrogen (secondary N) is 2. The lowest BCUT2D eigenvalue weighted by Crippen LogP contribution is -2.40. The Balaban J connectivity index is 1.34. The zero-order chi connectivity index (χ0) is 14.5. The van der Waals surface area contributed by atoms with Gasteiger partial charge in [0.25, 0.3) is 0 Å². The molecule has 0 unspecified atom stereocenters. The summed E-state index contributed by atoms with van der Waals surface area (Å²) >= 11 is 0. The molecule has 0 saturated carbocycles. The second-order valence-electron chi connectivity index (χ2n) is 5.30. The molecule has 0 spiro atoms. The van der Waals surface area contributed by atoms with E-state index in [1.54, 1.807) is 10.9 Å². The summed E-state index contributed by atoms with van der Waals surface area (Å²) in [6, 6.07) is 1.75. The zero-order valence-electron chi connectivity index (χ0n) is 11.9. The first-order valence-corrected chi connectivity index (χ1v) is 7.30. The third-order valence-electron chi connectivity index (χ3n) is 3.79. The summed E-state index contributed by atoms with van der Waals surface area (Å²) in [7, 11) is 0. The Kier molecular flexibility index (Phi) is 4.18. The van der Waals surface area contributed by atoms with Crippen LogP contribution in [0.15, 0.2) is 30.9 Å². The van der Waals surface area contributed by atoms with Crippen molar-refractivity contribution in [2.45, 2.75) is 25.9 Å². The van der Waals surface area contributed by atoms with Crippen LogP contribution in [0.1, 0.15) is 12.2 Å². The van der Waals surface area contributed by atoms with Crippen LogP contribution in [-0.4, -0.2) is 38.5 Å². The van der Waals surface area contributed by atoms with Gasteiger partial charge in [-0.2, -0.15) is 5.10 Å². The second-order valence-corrected chi connectivity index (χ2v) is 5.30. The molecule has 21 heavy (non-hydrogen) atoms. The Morgan fingerprint density at radius 2 is 2.29 bits per heavy atom. The molecule has 0 radical (unpaired) electrons. The fourth-order valence-corrected chi connectivity index (χ4v) is 2.61.